The van der Waals surface area contributed by atoms with E-state index in [1.165, 1.54) is 14.1 Å². The fourth-order valence-electron chi connectivity index (χ4n) is 1.63. The third-order valence-corrected chi connectivity index (χ3v) is 3.03. The van der Waals surface area contributed by atoms with Crippen molar-refractivity contribution in [2.75, 3.05) is 11.9 Å². The van der Waals surface area contributed by atoms with E-state index in [9.17, 15) is 9.59 Å². The standard InChI is InChI=1S/C11H20N4O2/c1-5-8(6-2)7-12-9-10(16)14(3)11(17)15(4)13-9/h8H,5-7H2,1-4H3,(H,12,13). The summed E-state index contributed by atoms with van der Waals surface area (Å²) in [4.78, 5) is 23.2. The summed E-state index contributed by atoms with van der Waals surface area (Å²) >= 11 is 0. The van der Waals surface area contributed by atoms with Crippen LogP contribution in [0.25, 0.3) is 0 Å². The van der Waals surface area contributed by atoms with Crippen LogP contribution in [-0.4, -0.2) is 20.9 Å². The molecule has 0 amide bonds. The highest BCUT2D eigenvalue weighted by atomic mass is 16.2. The molecule has 0 aliphatic carbocycles. The Labute approximate surface area is 100 Å². The minimum atomic E-state index is -0.414. The van der Waals surface area contributed by atoms with Crippen LogP contribution in [0.15, 0.2) is 9.59 Å². The van der Waals surface area contributed by atoms with Gasteiger partial charge in [-0.3, -0.25) is 9.36 Å². The summed E-state index contributed by atoms with van der Waals surface area (Å²) in [6.45, 7) is 4.93. The van der Waals surface area contributed by atoms with Crippen molar-refractivity contribution in [2.24, 2.45) is 20.0 Å². The van der Waals surface area contributed by atoms with Gasteiger partial charge in [-0.25, -0.2) is 9.48 Å². The normalized spacial score (nSPS) is 10.9. The fraction of sp³-hybridized carbons (Fsp3) is 0.727. The summed E-state index contributed by atoms with van der Waals surface area (Å²) in [5.74, 6) is 0.750. The molecule has 1 heterocycles. The predicted molar refractivity (Wildman–Crippen MR) is 67.3 cm³/mol. The van der Waals surface area contributed by atoms with Gasteiger partial charge in [-0.1, -0.05) is 26.7 Å². The highest BCUT2D eigenvalue weighted by Gasteiger charge is 2.10. The van der Waals surface area contributed by atoms with Gasteiger partial charge in [-0.2, -0.15) is 0 Å². The van der Waals surface area contributed by atoms with Crippen LogP contribution in [0.5, 0.6) is 0 Å². The molecule has 0 aromatic carbocycles. The number of anilines is 1. The maximum Gasteiger partial charge on any atom is 0.346 e. The molecular weight excluding hydrogens is 220 g/mol. The molecule has 1 rings (SSSR count). The van der Waals surface area contributed by atoms with Crippen molar-refractivity contribution in [3.05, 3.63) is 20.8 Å². The number of nitrogens with zero attached hydrogens (tertiary/aromatic N) is 3. The average molecular weight is 240 g/mol. The number of rotatable bonds is 5. The minimum Gasteiger partial charge on any atom is -0.364 e. The van der Waals surface area contributed by atoms with Crippen molar-refractivity contribution in [3.8, 4) is 0 Å². The molecule has 0 unspecified atom stereocenters. The molecule has 1 aromatic heterocycles. The van der Waals surface area contributed by atoms with Gasteiger partial charge in [-0.15, -0.1) is 5.10 Å². The van der Waals surface area contributed by atoms with Crippen molar-refractivity contribution in [1.82, 2.24) is 14.3 Å². The van der Waals surface area contributed by atoms with Gasteiger partial charge in [0.25, 0.3) is 5.56 Å². The van der Waals surface area contributed by atoms with E-state index in [0.29, 0.717) is 12.5 Å². The van der Waals surface area contributed by atoms with E-state index in [0.717, 1.165) is 22.1 Å². The molecule has 0 bridgehead atoms. The van der Waals surface area contributed by atoms with E-state index >= 15 is 0 Å². The first kappa shape index (κ1) is 13.5. The highest BCUT2D eigenvalue weighted by Crippen LogP contribution is 2.07. The summed E-state index contributed by atoms with van der Waals surface area (Å²) in [6.07, 6.45) is 2.10. The summed E-state index contributed by atoms with van der Waals surface area (Å²) < 4.78 is 2.22. The minimum absolute atomic E-state index is 0.238. The molecule has 6 heteroatoms. The Bertz CT molecular complexity index is 485. The third-order valence-electron chi connectivity index (χ3n) is 3.03. The molecule has 0 aliphatic heterocycles. The van der Waals surface area contributed by atoms with Gasteiger partial charge in [0.15, 0.2) is 0 Å². The predicted octanol–water partition coefficient (Wildman–Crippen LogP) is 0.327. The zero-order valence-electron chi connectivity index (χ0n) is 10.9. The van der Waals surface area contributed by atoms with Crippen LogP contribution in [-0.2, 0) is 14.1 Å². The molecule has 0 aliphatic rings. The lowest BCUT2D eigenvalue weighted by Crippen LogP contribution is -2.40. The Balaban J connectivity index is 2.93. The second-order valence-corrected chi connectivity index (χ2v) is 4.18. The van der Waals surface area contributed by atoms with Gasteiger partial charge in [0.2, 0.25) is 5.82 Å². The molecule has 6 nitrogen and oxygen atoms in total. The Morgan fingerprint density at radius 1 is 1.24 bits per heavy atom. The SMILES string of the molecule is CCC(CC)CNc1nn(C)c(=O)n(C)c1=O. The summed E-state index contributed by atoms with van der Waals surface area (Å²) in [5.41, 5.74) is -0.790. The van der Waals surface area contributed by atoms with Crippen LogP contribution in [0.4, 0.5) is 5.82 Å². The molecular formula is C11H20N4O2. The van der Waals surface area contributed by atoms with E-state index in [1.54, 1.807) is 0 Å². The first-order chi connectivity index (χ1) is 8.01. The van der Waals surface area contributed by atoms with E-state index in [4.69, 9.17) is 0 Å². The lowest BCUT2D eigenvalue weighted by Gasteiger charge is -2.13. The number of aryl methyl sites for hydroxylation is 1. The Morgan fingerprint density at radius 3 is 2.35 bits per heavy atom. The molecule has 0 saturated heterocycles. The Kier molecular flexibility index (Phi) is 4.48. The van der Waals surface area contributed by atoms with E-state index < -0.39 is 5.69 Å². The lowest BCUT2D eigenvalue weighted by atomic mass is 10.0. The van der Waals surface area contributed by atoms with Crippen molar-refractivity contribution < 1.29 is 0 Å². The molecule has 0 fully saturated rings. The van der Waals surface area contributed by atoms with Gasteiger partial charge in [0.05, 0.1) is 0 Å². The zero-order valence-corrected chi connectivity index (χ0v) is 10.9. The van der Waals surface area contributed by atoms with Crippen LogP contribution in [0, 0.1) is 5.92 Å². The number of nitrogens with one attached hydrogen (secondary N) is 1. The first-order valence-electron chi connectivity index (χ1n) is 5.89. The monoisotopic (exact) mass is 240 g/mol. The summed E-state index contributed by atoms with van der Waals surface area (Å²) in [6, 6.07) is 0. The number of aromatic nitrogens is 3. The summed E-state index contributed by atoms with van der Waals surface area (Å²) in [7, 11) is 2.98. The van der Waals surface area contributed by atoms with Crippen LogP contribution < -0.4 is 16.6 Å². The average Bonchev–Trinajstić information content (AvgIpc) is 2.33. The van der Waals surface area contributed by atoms with Gasteiger partial charge < -0.3 is 5.32 Å². The van der Waals surface area contributed by atoms with Crippen LogP contribution in [0.2, 0.25) is 0 Å². The Morgan fingerprint density at radius 2 is 1.82 bits per heavy atom. The molecule has 1 N–H and O–H groups in total. The van der Waals surface area contributed by atoms with Crippen molar-refractivity contribution in [1.29, 1.82) is 0 Å². The summed E-state index contributed by atoms with van der Waals surface area (Å²) in [5, 5.41) is 6.95. The molecule has 0 atom stereocenters. The molecule has 1 aromatic rings. The third kappa shape index (κ3) is 2.95. The quantitative estimate of drug-likeness (QED) is 0.805. The smallest absolute Gasteiger partial charge is 0.346 e. The Hall–Kier alpha value is -1.59. The van der Waals surface area contributed by atoms with Crippen molar-refractivity contribution >= 4 is 5.82 Å². The van der Waals surface area contributed by atoms with E-state index in [-0.39, 0.29) is 11.4 Å². The fourth-order valence-corrected chi connectivity index (χ4v) is 1.63. The molecule has 17 heavy (non-hydrogen) atoms. The maximum atomic E-state index is 11.8. The van der Waals surface area contributed by atoms with Crippen molar-refractivity contribution in [2.45, 2.75) is 26.7 Å². The van der Waals surface area contributed by atoms with Crippen LogP contribution in [0.3, 0.4) is 0 Å². The number of hydrogen-bond donors (Lipinski definition) is 1. The second-order valence-electron chi connectivity index (χ2n) is 4.18. The molecule has 0 spiro atoms. The van der Waals surface area contributed by atoms with Gasteiger partial charge in [0, 0.05) is 20.6 Å². The maximum absolute atomic E-state index is 11.8. The van der Waals surface area contributed by atoms with Gasteiger partial charge in [0.1, 0.15) is 0 Å². The van der Waals surface area contributed by atoms with Crippen molar-refractivity contribution in [3.63, 3.8) is 0 Å². The van der Waals surface area contributed by atoms with E-state index in [2.05, 4.69) is 24.3 Å². The van der Waals surface area contributed by atoms with E-state index in [1.807, 2.05) is 0 Å². The zero-order chi connectivity index (χ0) is 13.0. The topological polar surface area (TPSA) is 68.9 Å². The second kappa shape index (κ2) is 5.65. The van der Waals surface area contributed by atoms with Crippen LogP contribution >= 0.6 is 0 Å². The van der Waals surface area contributed by atoms with Crippen LogP contribution in [0.1, 0.15) is 26.7 Å². The largest absolute Gasteiger partial charge is 0.364 e. The molecule has 0 radical (unpaired) electrons. The lowest BCUT2D eigenvalue weighted by molar-refractivity contribution is 0.514. The molecule has 96 valence electrons. The van der Waals surface area contributed by atoms with Gasteiger partial charge >= 0.3 is 5.69 Å². The number of hydrogen-bond acceptors (Lipinski definition) is 4. The molecule has 0 saturated carbocycles. The van der Waals surface area contributed by atoms with Gasteiger partial charge in [-0.05, 0) is 5.92 Å². The first-order valence-corrected chi connectivity index (χ1v) is 5.89. The highest BCUT2D eigenvalue weighted by molar-refractivity contribution is 5.29.